The van der Waals surface area contributed by atoms with Crippen molar-refractivity contribution in [2.24, 2.45) is 5.92 Å². The standard InChI is InChI=1S/C15H26N2S/c1-2-4-14-6-9-17(10-7-14)11-8-16-13-15-5-3-12-18-15/h3,5,12,14,16H,2,4,6-11,13H2,1H3. The van der Waals surface area contributed by atoms with Gasteiger partial charge in [0.1, 0.15) is 0 Å². The number of hydrogen-bond acceptors (Lipinski definition) is 3. The van der Waals surface area contributed by atoms with E-state index in [2.05, 4.69) is 34.7 Å². The number of nitrogens with one attached hydrogen (secondary N) is 1. The van der Waals surface area contributed by atoms with E-state index in [0.29, 0.717) is 0 Å². The molecule has 0 spiro atoms. The molecule has 2 nitrogen and oxygen atoms in total. The van der Waals surface area contributed by atoms with Gasteiger partial charge in [0.05, 0.1) is 0 Å². The molecule has 0 radical (unpaired) electrons. The second kappa shape index (κ2) is 7.93. The number of nitrogens with zero attached hydrogens (tertiary/aromatic N) is 1. The second-order valence-electron chi connectivity index (χ2n) is 5.33. The summed E-state index contributed by atoms with van der Waals surface area (Å²) >= 11 is 1.84. The van der Waals surface area contributed by atoms with E-state index in [1.54, 1.807) is 0 Å². The summed E-state index contributed by atoms with van der Waals surface area (Å²) in [6.45, 7) is 8.29. The van der Waals surface area contributed by atoms with Crippen LogP contribution in [0.25, 0.3) is 0 Å². The zero-order chi connectivity index (χ0) is 12.6. The molecule has 0 aromatic carbocycles. The summed E-state index contributed by atoms with van der Waals surface area (Å²) in [6.07, 6.45) is 5.62. The van der Waals surface area contributed by atoms with Gasteiger partial charge in [0.15, 0.2) is 0 Å². The first-order valence-electron chi connectivity index (χ1n) is 7.34. The van der Waals surface area contributed by atoms with Crippen molar-refractivity contribution in [2.45, 2.75) is 39.2 Å². The van der Waals surface area contributed by atoms with Gasteiger partial charge >= 0.3 is 0 Å². The quantitative estimate of drug-likeness (QED) is 0.761. The Kier molecular flexibility index (Phi) is 6.18. The Morgan fingerprint density at radius 2 is 2.22 bits per heavy atom. The van der Waals surface area contributed by atoms with E-state index < -0.39 is 0 Å². The van der Waals surface area contributed by atoms with Crippen LogP contribution in [0.15, 0.2) is 17.5 Å². The fourth-order valence-corrected chi connectivity index (χ4v) is 3.44. The number of thiophene rings is 1. The molecule has 0 amide bonds. The van der Waals surface area contributed by atoms with Crippen molar-refractivity contribution in [1.29, 1.82) is 0 Å². The summed E-state index contributed by atoms with van der Waals surface area (Å²) in [5.41, 5.74) is 0. The first kappa shape index (κ1) is 14.0. The molecule has 0 atom stereocenters. The molecule has 1 N–H and O–H groups in total. The molecule has 1 fully saturated rings. The molecule has 1 aliphatic heterocycles. The van der Waals surface area contributed by atoms with Gasteiger partial charge in [-0.1, -0.05) is 25.8 Å². The summed E-state index contributed by atoms with van der Waals surface area (Å²) in [6, 6.07) is 4.33. The molecule has 0 aliphatic carbocycles. The summed E-state index contributed by atoms with van der Waals surface area (Å²) in [7, 11) is 0. The van der Waals surface area contributed by atoms with Crippen LogP contribution in [0.5, 0.6) is 0 Å². The fourth-order valence-electron chi connectivity index (χ4n) is 2.77. The molecule has 18 heavy (non-hydrogen) atoms. The zero-order valence-electron chi connectivity index (χ0n) is 11.5. The molecule has 1 aromatic heterocycles. The maximum atomic E-state index is 3.54. The summed E-state index contributed by atoms with van der Waals surface area (Å²) in [5, 5.41) is 5.69. The van der Waals surface area contributed by atoms with Crippen molar-refractivity contribution in [3.63, 3.8) is 0 Å². The van der Waals surface area contributed by atoms with Gasteiger partial charge in [-0.15, -0.1) is 11.3 Å². The van der Waals surface area contributed by atoms with Crippen molar-refractivity contribution in [2.75, 3.05) is 26.2 Å². The van der Waals surface area contributed by atoms with E-state index in [4.69, 9.17) is 0 Å². The molecule has 3 heteroatoms. The Morgan fingerprint density at radius 3 is 2.89 bits per heavy atom. The molecular formula is C15H26N2S. The summed E-state index contributed by atoms with van der Waals surface area (Å²) in [5.74, 6) is 1.00. The number of rotatable bonds is 7. The van der Waals surface area contributed by atoms with Crippen LogP contribution < -0.4 is 5.32 Å². The second-order valence-corrected chi connectivity index (χ2v) is 6.36. The Hall–Kier alpha value is -0.380. The average molecular weight is 266 g/mol. The molecule has 1 saturated heterocycles. The molecule has 102 valence electrons. The molecule has 2 heterocycles. The third-order valence-electron chi connectivity index (χ3n) is 3.89. The minimum atomic E-state index is 1.00. The Balaban J connectivity index is 1.53. The van der Waals surface area contributed by atoms with Gasteiger partial charge in [-0.25, -0.2) is 0 Å². The van der Waals surface area contributed by atoms with Crippen molar-refractivity contribution in [3.05, 3.63) is 22.4 Å². The lowest BCUT2D eigenvalue weighted by atomic mass is 9.92. The number of piperidine rings is 1. The largest absolute Gasteiger partial charge is 0.311 e. The topological polar surface area (TPSA) is 15.3 Å². The van der Waals surface area contributed by atoms with Gasteiger partial charge in [-0.05, 0) is 43.3 Å². The molecule has 1 aliphatic rings. The lowest BCUT2D eigenvalue weighted by molar-refractivity contribution is 0.179. The SMILES string of the molecule is CCCC1CCN(CCNCc2cccs2)CC1. The Bertz CT molecular complexity index is 302. The molecule has 0 unspecified atom stereocenters. The van der Waals surface area contributed by atoms with Gasteiger partial charge in [0, 0.05) is 24.5 Å². The van der Waals surface area contributed by atoms with E-state index in [0.717, 1.165) is 19.0 Å². The predicted octanol–water partition coefficient (Wildman–Crippen LogP) is 3.35. The minimum absolute atomic E-state index is 1.00. The van der Waals surface area contributed by atoms with E-state index in [9.17, 15) is 0 Å². The predicted molar refractivity (Wildman–Crippen MR) is 80.1 cm³/mol. The fraction of sp³-hybridized carbons (Fsp3) is 0.733. The highest BCUT2D eigenvalue weighted by Crippen LogP contribution is 2.21. The van der Waals surface area contributed by atoms with E-state index in [-0.39, 0.29) is 0 Å². The third-order valence-corrected chi connectivity index (χ3v) is 4.76. The monoisotopic (exact) mass is 266 g/mol. The van der Waals surface area contributed by atoms with Crippen molar-refractivity contribution < 1.29 is 0 Å². The Labute approximate surface area is 115 Å². The first-order chi connectivity index (χ1) is 8.88. The molecule has 0 saturated carbocycles. The van der Waals surface area contributed by atoms with Crippen LogP contribution in [0.1, 0.15) is 37.5 Å². The maximum absolute atomic E-state index is 3.54. The van der Waals surface area contributed by atoms with Gasteiger partial charge in [0.2, 0.25) is 0 Å². The number of hydrogen-bond donors (Lipinski definition) is 1. The average Bonchev–Trinajstić information content (AvgIpc) is 2.90. The number of likely N-dealkylation sites (tertiary alicyclic amines) is 1. The van der Waals surface area contributed by atoms with E-state index in [1.165, 1.54) is 50.2 Å². The summed E-state index contributed by atoms with van der Waals surface area (Å²) < 4.78 is 0. The highest BCUT2D eigenvalue weighted by Gasteiger charge is 2.17. The van der Waals surface area contributed by atoms with Crippen molar-refractivity contribution >= 4 is 11.3 Å². The summed E-state index contributed by atoms with van der Waals surface area (Å²) in [4.78, 5) is 4.06. The van der Waals surface area contributed by atoms with Crippen molar-refractivity contribution in [3.8, 4) is 0 Å². The van der Waals surface area contributed by atoms with Crippen LogP contribution in [0.3, 0.4) is 0 Å². The van der Waals surface area contributed by atoms with E-state index >= 15 is 0 Å². The van der Waals surface area contributed by atoms with Crippen LogP contribution in [0, 0.1) is 5.92 Å². The van der Waals surface area contributed by atoms with Crippen molar-refractivity contribution in [1.82, 2.24) is 10.2 Å². The molecule has 0 bridgehead atoms. The van der Waals surface area contributed by atoms with Gasteiger partial charge in [0.25, 0.3) is 0 Å². The lowest BCUT2D eigenvalue weighted by Gasteiger charge is -2.31. The third kappa shape index (κ3) is 4.71. The maximum Gasteiger partial charge on any atom is 0.0300 e. The van der Waals surface area contributed by atoms with Crippen LogP contribution >= 0.6 is 11.3 Å². The van der Waals surface area contributed by atoms with Crippen LogP contribution in [-0.4, -0.2) is 31.1 Å². The van der Waals surface area contributed by atoms with Crippen LogP contribution in [0.4, 0.5) is 0 Å². The lowest BCUT2D eigenvalue weighted by Crippen LogP contribution is -2.38. The van der Waals surface area contributed by atoms with Gasteiger partial charge < -0.3 is 10.2 Å². The Morgan fingerprint density at radius 1 is 1.39 bits per heavy atom. The molecule has 1 aromatic rings. The smallest absolute Gasteiger partial charge is 0.0300 e. The minimum Gasteiger partial charge on any atom is -0.311 e. The molecular weight excluding hydrogens is 240 g/mol. The highest BCUT2D eigenvalue weighted by molar-refractivity contribution is 7.09. The van der Waals surface area contributed by atoms with E-state index in [1.807, 2.05) is 11.3 Å². The van der Waals surface area contributed by atoms with Gasteiger partial charge in [-0.3, -0.25) is 0 Å². The van der Waals surface area contributed by atoms with Crippen LogP contribution in [-0.2, 0) is 6.54 Å². The molecule has 2 rings (SSSR count). The highest BCUT2D eigenvalue weighted by atomic mass is 32.1. The van der Waals surface area contributed by atoms with Gasteiger partial charge in [-0.2, -0.15) is 0 Å². The zero-order valence-corrected chi connectivity index (χ0v) is 12.3. The normalized spacial score (nSPS) is 18.3. The first-order valence-corrected chi connectivity index (χ1v) is 8.22. The van der Waals surface area contributed by atoms with Crippen LogP contribution in [0.2, 0.25) is 0 Å².